The molecule has 0 aromatic carbocycles. The summed E-state index contributed by atoms with van der Waals surface area (Å²) in [5.74, 6) is 0. The quantitative estimate of drug-likeness (QED) is 0.478. The predicted octanol–water partition coefficient (Wildman–Crippen LogP) is 2.73. The molecule has 0 spiro atoms. The van der Waals surface area contributed by atoms with E-state index in [1.54, 1.807) is 0 Å². The molecule has 0 saturated carbocycles. The van der Waals surface area contributed by atoms with Crippen LogP contribution in [0.15, 0.2) is 23.8 Å². The Hall–Kier alpha value is -0.520. The summed E-state index contributed by atoms with van der Waals surface area (Å²) in [4.78, 5) is 0. The zero-order chi connectivity index (χ0) is 6.57. The molecule has 8 heavy (non-hydrogen) atoms. The lowest BCUT2D eigenvalue weighted by Crippen LogP contribution is -1.69. The van der Waals surface area contributed by atoms with E-state index in [1.165, 1.54) is 5.57 Å². The SMILES string of the molecule is [CH2]/C(C)=C\CC(=C)C. The summed E-state index contributed by atoms with van der Waals surface area (Å²) < 4.78 is 0. The van der Waals surface area contributed by atoms with Gasteiger partial charge in [-0.05, 0) is 27.2 Å². The Bertz CT molecular complexity index is 103. The summed E-state index contributed by atoms with van der Waals surface area (Å²) in [6.45, 7) is 11.5. The second kappa shape index (κ2) is 3.48. The molecule has 0 heterocycles. The Kier molecular flexibility index (Phi) is 3.25. The number of rotatable bonds is 2. The second-order valence-electron chi connectivity index (χ2n) is 2.21. The van der Waals surface area contributed by atoms with Crippen molar-refractivity contribution in [3.8, 4) is 0 Å². The number of allylic oxidation sites excluding steroid dienone is 3. The molecule has 0 rings (SSSR count). The van der Waals surface area contributed by atoms with Crippen LogP contribution in [0.1, 0.15) is 20.3 Å². The van der Waals surface area contributed by atoms with E-state index < -0.39 is 0 Å². The molecule has 0 aromatic rings. The standard InChI is InChI=1S/C8H13/c1-7(2)5-6-8(3)4/h5H,1,3,6H2,2,4H3/b7-5+. The minimum absolute atomic E-state index is 0.968. The Morgan fingerprint density at radius 2 is 2.00 bits per heavy atom. The van der Waals surface area contributed by atoms with Crippen LogP contribution >= 0.6 is 0 Å². The first-order valence-corrected chi connectivity index (χ1v) is 2.76. The first kappa shape index (κ1) is 7.48. The van der Waals surface area contributed by atoms with Crippen molar-refractivity contribution >= 4 is 0 Å². The molecule has 0 atom stereocenters. The molecule has 1 radical (unpaired) electrons. The van der Waals surface area contributed by atoms with Crippen molar-refractivity contribution in [2.24, 2.45) is 0 Å². The molecular formula is C8H13. The molecular weight excluding hydrogens is 96.1 g/mol. The molecule has 0 heteroatoms. The molecule has 45 valence electrons. The van der Waals surface area contributed by atoms with E-state index in [1.807, 2.05) is 13.8 Å². The highest BCUT2D eigenvalue weighted by Gasteiger charge is 1.78. The summed E-state index contributed by atoms with van der Waals surface area (Å²) in [6, 6.07) is 0. The van der Waals surface area contributed by atoms with Gasteiger partial charge in [0, 0.05) is 0 Å². The topological polar surface area (TPSA) is 0 Å². The van der Waals surface area contributed by atoms with E-state index in [0.717, 1.165) is 12.0 Å². The van der Waals surface area contributed by atoms with E-state index in [-0.39, 0.29) is 0 Å². The van der Waals surface area contributed by atoms with Crippen LogP contribution in [0.25, 0.3) is 0 Å². The van der Waals surface area contributed by atoms with Gasteiger partial charge in [0.15, 0.2) is 0 Å². The normalized spacial score (nSPS) is 11.6. The van der Waals surface area contributed by atoms with Crippen molar-refractivity contribution in [3.63, 3.8) is 0 Å². The Morgan fingerprint density at radius 3 is 2.12 bits per heavy atom. The smallest absolute Gasteiger partial charge is 0.0142 e. The van der Waals surface area contributed by atoms with Crippen molar-refractivity contribution in [1.82, 2.24) is 0 Å². The summed E-state index contributed by atoms with van der Waals surface area (Å²) in [7, 11) is 0. The summed E-state index contributed by atoms with van der Waals surface area (Å²) in [5, 5.41) is 0. The van der Waals surface area contributed by atoms with E-state index in [2.05, 4.69) is 19.6 Å². The van der Waals surface area contributed by atoms with Gasteiger partial charge in [0.25, 0.3) is 0 Å². The molecule has 0 bridgehead atoms. The minimum Gasteiger partial charge on any atom is -0.0998 e. The van der Waals surface area contributed by atoms with Crippen LogP contribution in [-0.2, 0) is 0 Å². The molecule has 0 aliphatic carbocycles. The summed E-state index contributed by atoms with van der Waals surface area (Å²) in [6.07, 6.45) is 3.04. The lowest BCUT2D eigenvalue weighted by molar-refractivity contribution is 1.20. The van der Waals surface area contributed by atoms with Gasteiger partial charge in [-0.1, -0.05) is 23.8 Å². The van der Waals surface area contributed by atoms with E-state index in [0.29, 0.717) is 0 Å². The van der Waals surface area contributed by atoms with Crippen molar-refractivity contribution < 1.29 is 0 Å². The maximum Gasteiger partial charge on any atom is -0.0142 e. The number of hydrogen-bond acceptors (Lipinski definition) is 0. The van der Waals surface area contributed by atoms with Crippen LogP contribution in [0.2, 0.25) is 0 Å². The van der Waals surface area contributed by atoms with Crippen molar-refractivity contribution in [2.45, 2.75) is 20.3 Å². The van der Waals surface area contributed by atoms with Gasteiger partial charge in [-0.25, -0.2) is 0 Å². The lowest BCUT2D eigenvalue weighted by Gasteiger charge is -1.89. The zero-order valence-corrected chi connectivity index (χ0v) is 5.70. The first-order chi connectivity index (χ1) is 3.63. The van der Waals surface area contributed by atoms with Gasteiger partial charge >= 0.3 is 0 Å². The van der Waals surface area contributed by atoms with Crippen LogP contribution in [0.5, 0.6) is 0 Å². The molecule has 0 amide bonds. The Balaban J connectivity index is 3.45. The third-order valence-corrected chi connectivity index (χ3v) is 0.799. The fourth-order valence-corrected chi connectivity index (χ4v) is 0.348. The van der Waals surface area contributed by atoms with Crippen molar-refractivity contribution in [1.29, 1.82) is 0 Å². The van der Waals surface area contributed by atoms with Gasteiger partial charge in [-0.15, -0.1) is 0 Å². The van der Waals surface area contributed by atoms with Gasteiger partial charge in [0.05, 0.1) is 0 Å². The highest BCUT2D eigenvalue weighted by Crippen LogP contribution is 1.99. The molecule has 0 N–H and O–H groups in total. The van der Waals surface area contributed by atoms with Crippen molar-refractivity contribution in [2.75, 3.05) is 0 Å². The molecule has 0 fully saturated rings. The van der Waals surface area contributed by atoms with Crippen molar-refractivity contribution in [3.05, 3.63) is 30.7 Å². The molecule has 0 aliphatic rings. The van der Waals surface area contributed by atoms with E-state index in [9.17, 15) is 0 Å². The maximum absolute atomic E-state index is 3.75. The molecule has 0 aliphatic heterocycles. The second-order valence-corrected chi connectivity index (χ2v) is 2.21. The highest BCUT2D eigenvalue weighted by molar-refractivity contribution is 5.07. The molecule has 0 nitrogen and oxygen atoms in total. The first-order valence-electron chi connectivity index (χ1n) is 2.76. The average Bonchev–Trinajstić information content (AvgIpc) is 1.61. The summed E-state index contributed by atoms with van der Waals surface area (Å²) in [5.41, 5.74) is 2.31. The molecule has 0 saturated heterocycles. The lowest BCUT2D eigenvalue weighted by atomic mass is 10.2. The maximum atomic E-state index is 3.75. The Labute approximate surface area is 51.9 Å². The van der Waals surface area contributed by atoms with Crippen LogP contribution in [0.3, 0.4) is 0 Å². The average molecular weight is 109 g/mol. The fraction of sp³-hybridized carbons (Fsp3) is 0.375. The summed E-state index contributed by atoms with van der Waals surface area (Å²) >= 11 is 0. The predicted molar refractivity (Wildman–Crippen MR) is 38.5 cm³/mol. The van der Waals surface area contributed by atoms with Gasteiger partial charge in [-0.2, -0.15) is 0 Å². The minimum atomic E-state index is 0.968. The van der Waals surface area contributed by atoms with Gasteiger partial charge < -0.3 is 0 Å². The van der Waals surface area contributed by atoms with Crippen LogP contribution in [-0.4, -0.2) is 0 Å². The van der Waals surface area contributed by atoms with E-state index >= 15 is 0 Å². The zero-order valence-electron chi connectivity index (χ0n) is 5.70. The monoisotopic (exact) mass is 109 g/mol. The van der Waals surface area contributed by atoms with Crippen LogP contribution in [0, 0.1) is 6.92 Å². The Morgan fingerprint density at radius 1 is 1.50 bits per heavy atom. The molecule has 0 unspecified atom stereocenters. The largest absolute Gasteiger partial charge is 0.0998 e. The fourth-order valence-electron chi connectivity index (χ4n) is 0.348. The highest BCUT2D eigenvalue weighted by atomic mass is 13.9. The van der Waals surface area contributed by atoms with Gasteiger partial charge in [-0.3, -0.25) is 0 Å². The van der Waals surface area contributed by atoms with E-state index in [4.69, 9.17) is 0 Å². The molecule has 0 aromatic heterocycles. The van der Waals surface area contributed by atoms with Gasteiger partial charge in [0.2, 0.25) is 0 Å². The third-order valence-electron chi connectivity index (χ3n) is 0.799. The number of hydrogen-bond donors (Lipinski definition) is 0. The van der Waals surface area contributed by atoms with Crippen LogP contribution in [0.4, 0.5) is 0 Å². The third kappa shape index (κ3) is 5.48. The van der Waals surface area contributed by atoms with Gasteiger partial charge in [0.1, 0.15) is 0 Å². The van der Waals surface area contributed by atoms with Crippen LogP contribution < -0.4 is 0 Å².